The molecule has 6 heteroatoms. The summed E-state index contributed by atoms with van der Waals surface area (Å²) in [6.45, 7) is 1.56. The molecule has 0 aromatic carbocycles. The molecule has 0 fully saturated rings. The third-order valence-electron chi connectivity index (χ3n) is 0.767. The van der Waals surface area contributed by atoms with Crippen LogP contribution in [0.5, 0.6) is 0 Å². The molecule has 10 heavy (non-hydrogen) atoms. The van der Waals surface area contributed by atoms with Crippen molar-refractivity contribution >= 4 is 16.0 Å². The van der Waals surface area contributed by atoms with Gasteiger partial charge in [0.2, 0.25) is 5.91 Å². The van der Waals surface area contributed by atoms with Gasteiger partial charge in [0.25, 0.3) is 0 Å². The molecule has 0 rings (SSSR count). The van der Waals surface area contributed by atoms with E-state index in [9.17, 15) is 17.8 Å². The van der Waals surface area contributed by atoms with Gasteiger partial charge >= 0.3 is 0 Å². The van der Waals surface area contributed by atoms with Crippen LogP contribution in [0.1, 0.15) is 13.3 Å². The maximum Gasteiger partial charge on any atom is 0.220 e. The van der Waals surface area contributed by atoms with E-state index >= 15 is 0 Å². The van der Waals surface area contributed by atoms with Gasteiger partial charge in [0.05, 0.1) is 0 Å². The van der Waals surface area contributed by atoms with Gasteiger partial charge in [-0.25, -0.2) is 8.42 Å². The molecule has 0 aliphatic rings. The molecule has 0 heterocycles. The molecule has 0 aromatic heterocycles. The van der Waals surface area contributed by atoms with Crippen LogP contribution < -0.4 is 5.32 Å². The van der Waals surface area contributed by atoms with Gasteiger partial charge in [0.15, 0.2) is 0 Å². The molecule has 0 aromatic rings. The second kappa shape index (κ2) is 3.52. The van der Waals surface area contributed by atoms with Crippen LogP contribution in [-0.4, -0.2) is 24.8 Å². The van der Waals surface area contributed by atoms with Crippen molar-refractivity contribution < 1.29 is 17.8 Å². The van der Waals surface area contributed by atoms with E-state index in [1.54, 1.807) is 6.92 Å². The fourth-order valence-electron chi connectivity index (χ4n) is 0.294. The van der Waals surface area contributed by atoms with Crippen molar-refractivity contribution in [2.45, 2.75) is 13.3 Å². The van der Waals surface area contributed by atoms with Crippen LogP contribution in [-0.2, 0) is 14.9 Å². The van der Waals surface area contributed by atoms with E-state index in [0.29, 0.717) is 0 Å². The van der Waals surface area contributed by atoms with E-state index < -0.39 is 21.9 Å². The summed E-state index contributed by atoms with van der Waals surface area (Å²) in [5, 5.41) is 1.93. The lowest BCUT2D eigenvalue weighted by atomic mass is 10.5. The van der Waals surface area contributed by atoms with Crippen LogP contribution in [0.15, 0.2) is 0 Å². The van der Waals surface area contributed by atoms with Crippen molar-refractivity contribution in [2.24, 2.45) is 0 Å². The standard InChI is InChI=1S/C4H9NO4S/c1-2-4(6)5-3-10(7,8)9/h2-3H2,1H3,(H,5,6)(H,7,8,9)/p-1. The zero-order valence-electron chi connectivity index (χ0n) is 5.46. The first kappa shape index (κ1) is 9.38. The van der Waals surface area contributed by atoms with Gasteiger partial charge in [-0.05, 0) is 0 Å². The lowest BCUT2D eigenvalue weighted by Gasteiger charge is -2.06. The Morgan fingerprint density at radius 2 is 2.10 bits per heavy atom. The predicted molar refractivity (Wildman–Crippen MR) is 33.0 cm³/mol. The minimum atomic E-state index is -4.31. The van der Waals surface area contributed by atoms with Gasteiger partial charge in [-0.15, -0.1) is 0 Å². The number of amides is 1. The molecule has 0 atom stereocenters. The largest absolute Gasteiger partial charge is 0.747 e. The molecule has 0 saturated carbocycles. The van der Waals surface area contributed by atoms with Gasteiger partial charge < -0.3 is 9.87 Å². The predicted octanol–water partition coefficient (Wildman–Crippen LogP) is -0.985. The molecule has 0 radical (unpaired) electrons. The second-order valence-corrected chi connectivity index (χ2v) is 3.06. The number of hydrogen-bond acceptors (Lipinski definition) is 4. The Morgan fingerprint density at radius 1 is 1.60 bits per heavy atom. The van der Waals surface area contributed by atoms with Crippen LogP contribution in [0.4, 0.5) is 0 Å². The molecule has 0 spiro atoms. The maximum atomic E-state index is 10.3. The topological polar surface area (TPSA) is 86.3 Å². The smallest absolute Gasteiger partial charge is 0.220 e. The Labute approximate surface area is 59.2 Å². The molecule has 1 amide bonds. The number of nitrogens with one attached hydrogen (secondary N) is 1. The molecule has 1 N–H and O–H groups in total. The summed E-state index contributed by atoms with van der Waals surface area (Å²) in [4.78, 5) is 10.3. The van der Waals surface area contributed by atoms with E-state index in [2.05, 4.69) is 0 Å². The average molecular weight is 166 g/mol. The Balaban J connectivity index is 3.67. The van der Waals surface area contributed by atoms with Crippen molar-refractivity contribution in [3.05, 3.63) is 0 Å². The Hall–Kier alpha value is -0.620. The van der Waals surface area contributed by atoms with Crippen LogP contribution in [0.3, 0.4) is 0 Å². The Morgan fingerprint density at radius 3 is 2.40 bits per heavy atom. The number of carbonyl (C=O) groups excluding carboxylic acids is 1. The highest BCUT2D eigenvalue weighted by Crippen LogP contribution is 1.78. The molecule has 5 nitrogen and oxygen atoms in total. The lowest BCUT2D eigenvalue weighted by Crippen LogP contribution is -2.28. The summed E-state index contributed by atoms with van der Waals surface area (Å²) in [5.41, 5.74) is 0. The molecule has 0 unspecified atom stereocenters. The van der Waals surface area contributed by atoms with E-state index in [1.165, 1.54) is 0 Å². The summed E-state index contributed by atoms with van der Waals surface area (Å²) in [7, 11) is -4.31. The van der Waals surface area contributed by atoms with Crippen LogP contribution in [0.25, 0.3) is 0 Å². The van der Waals surface area contributed by atoms with E-state index in [1.807, 2.05) is 5.32 Å². The Bertz CT molecular complexity index is 207. The normalized spacial score (nSPS) is 11.0. The summed E-state index contributed by atoms with van der Waals surface area (Å²) in [6.07, 6.45) is 0.176. The van der Waals surface area contributed by atoms with Crippen molar-refractivity contribution in [2.75, 3.05) is 5.88 Å². The van der Waals surface area contributed by atoms with Gasteiger partial charge in [-0.3, -0.25) is 4.79 Å². The van der Waals surface area contributed by atoms with Crippen molar-refractivity contribution in [1.82, 2.24) is 5.32 Å². The molecule has 0 aliphatic heterocycles. The van der Waals surface area contributed by atoms with Crippen molar-refractivity contribution in [3.63, 3.8) is 0 Å². The van der Waals surface area contributed by atoms with Crippen molar-refractivity contribution in [1.29, 1.82) is 0 Å². The molecule has 0 aliphatic carbocycles. The number of hydrogen-bond donors (Lipinski definition) is 1. The minimum Gasteiger partial charge on any atom is -0.747 e. The van der Waals surface area contributed by atoms with Gasteiger partial charge in [0.1, 0.15) is 16.0 Å². The zero-order chi connectivity index (χ0) is 8.20. The summed E-state index contributed by atoms with van der Waals surface area (Å²) >= 11 is 0. The maximum absolute atomic E-state index is 10.3. The molecular formula is C4H8NO4S-. The van der Waals surface area contributed by atoms with Crippen LogP contribution in [0.2, 0.25) is 0 Å². The number of rotatable bonds is 3. The highest BCUT2D eigenvalue weighted by Gasteiger charge is 1.97. The molecule has 60 valence electrons. The fraction of sp³-hybridized carbons (Fsp3) is 0.750. The molecular weight excluding hydrogens is 158 g/mol. The van der Waals surface area contributed by atoms with E-state index in [0.717, 1.165) is 0 Å². The van der Waals surface area contributed by atoms with Gasteiger partial charge in [0, 0.05) is 6.42 Å². The summed E-state index contributed by atoms with van der Waals surface area (Å²) in [6, 6.07) is 0. The lowest BCUT2D eigenvalue weighted by molar-refractivity contribution is -0.120. The first-order valence-electron chi connectivity index (χ1n) is 2.66. The van der Waals surface area contributed by atoms with E-state index in [-0.39, 0.29) is 6.42 Å². The highest BCUT2D eigenvalue weighted by molar-refractivity contribution is 7.85. The minimum absolute atomic E-state index is 0.176. The van der Waals surface area contributed by atoms with Crippen LogP contribution >= 0.6 is 0 Å². The molecule has 0 bridgehead atoms. The van der Waals surface area contributed by atoms with E-state index in [4.69, 9.17) is 0 Å². The first-order chi connectivity index (χ1) is 4.45. The SMILES string of the molecule is CCC(=O)NCS(=O)(=O)[O-]. The quantitative estimate of drug-likeness (QED) is 0.546. The van der Waals surface area contributed by atoms with Crippen LogP contribution in [0, 0.1) is 0 Å². The second-order valence-electron chi connectivity index (χ2n) is 1.66. The number of carbonyl (C=O) groups is 1. The fourth-order valence-corrected chi connectivity index (χ4v) is 0.632. The third-order valence-corrected chi connectivity index (χ3v) is 1.27. The van der Waals surface area contributed by atoms with Crippen molar-refractivity contribution in [3.8, 4) is 0 Å². The summed E-state index contributed by atoms with van der Waals surface area (Å²) < 4.78 is 29.6. The third kappa shape index (κ3) is 5.52. The molecule has 0 saturated heterocycles. The zero-order valence-corrected chi connectivity index (χ0v) is 6.27. The van der Waals surface area contributed by atoms with Gasteiger partial charge in [-0.2, -0.15) is 0 Å². The van der Waals surface area contributed by atoms with Gasteiger partial charge in [-0.1, -0.05) is 6.92 Å². The Kier molecular flexibility index (Phi) is 3.31. The highest BCUT2D eigenvalue weighted by atomic mass is 32.2. The summed E-state index contributed by atoms with van der Waals surface area (Å²) in [5.74, 6) is -1.26. The monoisotopic (exact) mass is 166 g/mol. The average Bonchev–Trinajstić information content (AvgIpc) is 1.81. The first-order valence-corrected chi connectivity index (χ1v) is 4.23.